The smallest absolute Gasteiger partial charge is 0.123 e. The number of H-pyrrole nitrogens is 1. The second kappa shape index (κ2) is 6.71. The summed E-state index contributed by atoms with van der Waals surface area (Å²) in [5, 5.41) is 0. The molecule has 3 nitrogen and oxygen atoms in total. The van der Waals surface area contributed by atoms with Gasteiger partial charge in [0.2, 0.25) is 0 Å². The molecule has 1 atom stereocenters. The first-order valence-electron chi connectivity index (χ1n) is 7.50. The van der Waals surface area contributed by atoms with Crippen molar-refractivity contribution in [2.75, 3.05) is 0 Å². The third-order valence-electron chi connectivity index (χ3n) is 3.46. The predicted molar refractivity (Wildman–Crippen MR) is 84.4 cm³/mol. The maximum absolute atomic E-state index is 6.08. The zero-order valence-electron chi connectivity index (χ0n) is 12.7. The van der Waals surface area contributed by atoms with E-state index in [1.54, 1.807) is 0 Å². The molecule has 0 saturated heterocycles. The van der Waals surface area contributed by atoms with Crippen molar-refractivity contribution in [2.45, 2.75) is 46.1 Å². The van der Waals surface area contributed by atoms with Crippen molar-refractivity contribution in [1.82, 2.24) is 9.97 Å². The van der Waals surface area contributed by atoms with Crippen molar-refractivity contribution in [1.29, 1.82) is 0 Å². The molecule has 0 aliphatic heterocycles. The van der Waals surface area contributed by atoms with Crippen LogP contribution in [0.4, 0.5) is 0 Å². The fourth-order valence-corrected chi connectivity index (χ4v) is 2.41. The summed E-state index contributed by atoms with van der Waals surface area (Å²) in [5.74, 6) is 1.57. The average molecular weight is 271 g/mol. The molecule has 0 bridgehead atoms. The lowest BCUT2D eigenvalue weighted by atomic mass is 10.0. The van der Waals surface area contributed by atoms with Crippen LogP contribution in [0, 0.1) is 5.92 Å². The average Bonchev–Trinajstić information content (AvgIpc) is 2.89. The standard InChI is InChI=1S/C17H25N3/c1-4-5-15(18)17-19-11-16(20-17)14-8-6-13(7-9-14)10-12(2)3/h6-9,11-12,15H,4-5,10,18H2,1-3H3,(H,19,20). The number of aromatic amines is 1. The van der Waals surface area contributed by atoms with Crippen LogP contribution in [0.15, 0.2) is 30.5 Å². The molecule has 0 radical (unpaired) electrons. The molecule has 0 aliphatic carbocycles. The number of hydrogen-bond donors (Lipinski definition) is 2. The number of rotatable bonds is 6. The molecule has 1 aromatic carbocycles. The summed E-state index contributed by atoms with van der Waals surface area (Å²) in [6.45, 7) is 6.62. The van der Waals surface area contributed by atoms with Crippen molar-refractivity contribution >= 4 is 0 Å². The van der Waals surface area contributed by atoms with E-state index in [2.05, 4.69) is 55.0 Å². The quantitative estimate of drug-likeness (QED) is 0.832. The molecule has 1 heterocycles. The molecule has 0 fully saturated rings. The highest BCUT2D eigenvalue weighted by Crippen LogP contribution is 2.21. The number of nitrogens with one attached hydrogen (secondary N) is 1. The van der Waals surface area contributed by atoms with Crippen molar-refractivity contribution in [2.24, 2.45) is 11.7 Å². The van der Waals surface area contributed by atoms with Gasteiger partial charge >= 0.3 is 0 Å². The normalized spacial score (nSPS) is 12.8. The van der Waals surface area contributed by atoms with E-state index in [9.17, 15) is 0 Å². The van der Waals surface area contributed by atoms with Gasteiger partial charge in [-0.2, -0.15) is 0 Å². The van der Waals surface area contributed by atoms with Gasteiger partial charge in [-0.25, -0.2) is 4.98 Å². The lowest BCUT2D eigenvalue weighted by Gasteiger charge is -2.07. The highest BCUT2D eigenvalue weighted by atomic mass is 15.0. The molecule has 0 amide bonds. The monoisotopic (exact) mass is 271 g/mol. The van der Waals surface area contributed by atoms with Gasteiger partial charge in [0, 0.05) is 0 Å². The van der Waals surface area contributed by atoms with Gasteiger partial charge in [-0.05, 0) is 29.9 Å². The molecular weight excluding hydrogens is 246 g/mol. The van der Waals surface area contributed by atoms with Crippen molar-refractivity contribution in [3.8, 4) is 11.3 Å². The summed E-state index contributed by atoms with van der Waals surface area (Å²) in [5.41, 5.74) is 9.67. The molecule has 2 aromatic rings. The molecule has 2 rings (SSSR count). The Labute approximate surface area is 121 Å². The first-order chi connectivity index (χ1) is 9.60. The van der Waals surface area contributed by atoms with E-state index in [0.717, 1.165) is 30.8 Å². The van der Waals surface area contributed by atoms with E-state index < -0.39 is 0 Å². The molecule has 0 spiro atoms. The van der Waals surface area contributed by atoms with Crippen molar-refractivity contribution < 1.29 is 0 Å². The summed E-state index contributed by atoms with van der Waals surface area (Å²) in [7, 11) is 0. The second-order valence-corrected chi connectivity index (χ2v) is 5.87. The Bertz CT molecular complexity index is 525. The minimum atomic E-state index is 0.00830. The maximum Gasteiger partial charge on any atom is 0.123 e. The zero-order valence-corrected chi connectivity index (χ0v) is 12.7. The third-order valence-corrected chi connectivity index (χ3v) is 3.46. The van der Waals surface area contributed by atoms with E-state index in [1.807, 2.05) is 6.20 Å². The highest BCUT2D eigenvalue weighted by molar-refractivity contribution is 5.58. The van der Waals surface area contributed by atoms with Crippen LogP contribution in [-0.4, -0.2) is 9.97 Å². The Balaban J connectivity index is 2.11. The van der Waals surface area contributed by atoms with Crippen LogP contribution in [0.3, 0.4) is 0 Å². The molecule has 20 heavy (non-hydrogen) atoms. The van der Waals surface area contributed by atoms with Crippen LogP contribution in [0.5, 0.6) is 0 Å². The Morgan fingerprint density at radius 3 is 2.50 bits per heavy atom. The maximum atomic E-state index is 6.08. The second-order valence-electron chi connectivity index (χ2n) is 5.87. The summed E-state index contributed by atoms with van der Waals surface area (Å²) >= 11 is 0. The molecule has 0 saturated carbocycles. The van der Waals surface area contributed by atoms with Gasteiger partial charge < -0.3 is 10.7 Å². The summed E-state index contributed by atoms with van der Waals surface area (Å²) in [6.07, 6.45) is 5.03. The van der Waals surface area contributed by atoms with Crippen LogP contribution in [-0.2, 0) is 6.42 Å². The van der Waals surface area contributed by atoms with Gasteiger partial charge in [-0.1, -0.05) is 51.5 Å². The fraction of sp³-hybridized carbons (Fsp3) is 0.471. The fourth-order valence-electron chi connectivity index (χ4n) is 2.41. The summed E-state index contributed by atoms with van der Waals surface area (Å²) in [6, 6.07) is 8.71. The van der Waals surface area contributed by atoms with E-state index in [-0.39, 0.29) is 6.04 Å². The number of benzene rings is 1. The van der Waals surface area contributed by atoms with Gasteiger partial charge in [0.1, 0.15) is 5.82 Å². The Kier molecular flexibility index (Phi) is 4.96. The van der Waals surface area contributed by atoms with Gasteiger partial charge in [-0.15, -0.1) is 0 Å². The molecule has 3 N–H and O–H groups in total. The lowest BCUT2D eigenvalue weighted by molar-refractivity contribution is 0.609. The lowest BCUT2D eigenvalue weighted by Crippen LogP contribution is -2.11. The minimum absolute atomic E-state index is 0.00830. The van der Waals surface area contributed by atoms with Crippen LogP contribution in [0.25, 0.3) is 11.3 Å². The SMILES string of the molecule is CCCC(N)c1ncc(-c2ccc(CC(C)C)cc2)[nH]1. The first kappa shape index (κ1) is 14.8. The summed E-state index contributed by atoms with van der Waals surface area (Å²) in [4.78, 5) is 7.74. The van der Waals surface area contributed by atoms with E-state index in [4.69, 9.17) is 5.73 Å². The minimum Gasteiger partial charge on any atom is -0.341 e. The number of imidazole rings is 1. The van der Waals surface area contributed by atoms with E-state index in [0.29, 0.717) is 5.92 Å². The Morgan fingerprint density at radius 2 is 1.90 bits per heavy atom. The van der Waals surface area contributed by atoms with Crippen molar-refractivity contribution in [3.63, 3.8) is 0 Å². The third kappa shape index (κ3) is 3.70. The van der Waals surface area contributed by atoms with Gasteiger partial charge in [0.05, 0.1) is 17.9 Å². The van der Waals surface area contributed by atoms with E-state index >= 15 is 0 Å². The topological polar surface area (TPSA) is 54.7 Å². The molecule has 3 heteroatoms. The summed E-state index contributed by atoms with van der Waals surface area (Å²) < 4.78 is 0. The first-order valence-corrected chi connectivity index (χ1v) is 7.50. The zero-order chi connectivity index (χ0) is 14.5. The molecule has 0 aliphatic rings. The van der Waals surface area contributed by atoms with Gasteiger partial charge in [0.15, 0.2) is 0 Å². The number of hydrogen-bond acceptors (Lipinski definition) is 2. The highest BCUT2D eigenvalue weighted by Gasteiger charge is 2.10. The Hall–Kier alpha value is -1.61. The van der Waals surface area contributed by atoms with E-state index in [1.165, 1.54) is 11.1 Å². The van der Waals surface area contributed by atoms with Gasteiger partial charge in [-0.3, -0.25) is 0 Å². The molecule has 1 unspecified atom stereocenters. The number of aromatic nitrogens is 2. The van der Waals surface area contributed by atoms with Gasteiger partial charge in [0.25, 0.3) is 0 Å². The number of nitrogens with two attached hydrogens (primary N) is 1. The van der Waals surface area contributed by atoms with Crippen LogP contribution < -0.4 is 5.73 Å². The predicted octanol–water partition coefficient (Wildman–Crippen LogP) is 4.08. The molecule has 108 valence electrons. The van der Waals surface area contributed by atoms with Crippen LogP contribution in [0.1, 0.15) is 51.0 Å². The van der Waals surface area contributed by atoms with Crippen LogP contribution >= 0.6 is 0 Å². The van der Waals surface area contributed by atoms with Crippen LogP contribution in [0.2, 0.25) is 0 Å². The van der Waals surface area contributed by atoms with Crippen molar-refractivity contribution in [3.05, 3.63) is 41.9 Å². The molecular formula is C17H25N3. The largest absolute Gasteiger partial charge is 0.341 e. The molecule has 1 aromatic heterocycles. The number of nitrogens with zero attached hydrogens (tertiary/aromatic N) is 1. The Morgan fingerprint density at radius 1 is 1.20 bits per heavy atom.